The van der Waals surface area contributed by atoms with Crippen molar-refractivity contribution in [2.45, 2.75) is 32.2 Å². The Kier molecular flexibility index (Phi) is 3.69. The van der Waals surface area contributed by atoms with Crippen LogP contribution in [0.3, 0.4) is 0 Å². The number of oxazole rings is 1. The van der Waals surface area contributed by atoms with Crippen molar-refractivity contribution in [3.05, 3.63) is 29.7 Å². The number of aryl methyl sites for hydroxylation is 1. The molecule has 1 fully saturated rings. The normalized spacial score (nSPS) is 18.6. The fourth-order valence-corrected chi connectivity index (χ4v) is 2.56. The van der Waals surface area contributed by atoms with E-state index in [-0.39, 0.29) is 11.9 Å². The second-order valence-electron chi connectivity index (χ2n) is 5.22. The van der Waals surface area contributed by atoms with Crippen LogP contribution in [-0.2, 0) is 11.2 Å². The molecule has 1 aromatic heterocycles. The number of aromatic nitrogens is 1. The highest BCUT2D eigenvalue weighted by Gasteiger charge is 2.21. The Morgan fingerprint density at radius 2 is 2.45 bits per heavy atom. The first-order valence-electron chi connectivity index (χ1n) is 7.10. The summed E-state index contributed by atoms with van der Waals surface area (Å²) in [6.07, 6.45) is 2.61. The molecule has 1 unspecified atom stereocenters. The third-order valence-electron chi connectivity index (χ3n) is 3.68. The Labute approximate surface area is 117 Å². The summed E-state index contributed by atoms with van der Waals surface area (Å²) in [4.78, 5) is 16.3. The topological polar surface area (TPSA) is 67.2 Å². The summed E-state index contributed by atoms with van der Waals surface area (Å²) in [5, 5.41) is 6.11. The van der Waals surface area contributed by atoms with Crippen LogP contribution in [0.1, 0.15) is 24.3 Å². The molecule has 1 atom stereocenters. The third-order valence-corrected chi connectivity index (χ3v) is 3.68. The molecule has 0 aliphatic carbocycles. The zero-order chi connectivity index (χ0) is 13.9. The van der Waals surface area contributed by atoms with E-state index in [1.807, 2.05) is 25.1 Å². The van der Waals surface area contributed by atoms with Gasteiger partial charge in [0.05, 0.1) is 6.04 Å². The monoisotopic (exact) mass is 273 g/mol. The van der Waals surface area contributed by atoms with Crippen LogP contribution in [-0.4, -0.2) is 30.0 Å². The van der Waals surface area contributed by atoms with Crippen molar-refractivity contribution in [1.82, 2.24) is 15.6 Å². The number of rotatable bonds is 4. The lowest BCUT2D eigenvalue weighted by Crippen LogP contribution is -2.41. The number of hydrogen-bond acceptors (Lipinski definition) is 4. The fourth-order valence-electron chi connectivity index (χ4n) is 2.56. The van der Waals surface area contributed by atoms with Crippen molar-refractivity contribution in [2.75, 3.05) is 13.1 Å². The van der Waals surface area contributed by atoms with Crippen molar-refractivity contribution in [3.63, 3.8) is 0 Å². The molecule has 106 valence electrons. The SMILES string of the molecule is Cc1cccc2oc(CCNC(=O)C3CCCN3)nc12. The van der Waals surface area contributed by atoms with Crippen molar-refractivity contribution < 1.29 is 9.21 Å². The summed E-state index contributed by atoms with van der Waals surface area (Å²) >= 11 is 0. The van der Waals surface area contributed by atoms with E-state index >= 15 is 0 Å². The number of hydrogen-bond donors (Lipinski definition) is 2. The highest BCUT2D eigenvalue weighted by molar-refractivity contribution is 5.82. The Morgan fingerprint density at radius 3 is 3.20 bits per heavy atom. The molecule has 3 rings (SSSR count). The lowest BCUT2D eigenvalue weighted by atomic mass is 10.2. The first-order valence-corrected chi connectivity index (χ1v) is 7.10. The quantitative estimate of drug-likeness (QED) is 0.887. The maximum absolute atomic E-state index is 11.8. The van der Waals surface area contributed by atoms with E-state index in [0.717, 1.165) is 36.0 Å². The molecule has 2 aromatic rings. The molecule has 0 saturated carbocycles. The van der Waals surface area contributed by atoms with E-state index in [9.17, 15) is 4.79 Å². The summed E-state index contributed by atoms with van der Waals surface area (Å²) in [5.74, 6) is 0.753. The van der Waals surface area contributed by atoms with E-state index < -0.39 is 0 Å². The van der Waals surface area contributed by atoms with E-state index in [0.29, 0.717) is 18.9 Å². The van der Waals surface area contributed by atoms with E-state index in [1.54, 1.807) is 0 Å². The van der Waals surface area contributed by atoms with Gasteiger partial charge in [0, 0.05) is 13.0 Å². The first kappa shape index (κ1) is 13.1. The molecule has 5 heteroatoms. The molecule has 2 heterocycles. The van der Waals surface area contributed by atoms with Gasteiger partial charge in [0.25, 0.3) is 0 Å². The summed E-state index contributed by atoms with van der Waals surface area (Å²) in [7, 11) is 0. The smallest absolute Gasteiger partial charge is 0.237 e. The van der Waals surface area contributed by atoms with Gasteiger partial charge in [-0.3, -0.25) is 4.79 Å². The van der Waals surface area contributed by atoms with Crippen molar-refractivity contribution >= 4 is 17.0 Å². The van der Waals surface area contributed by atoms with E-state index in [2.05, 4.69) is 15.6 Å². The Balaban J connectivity index is 1.57. The molecular formula is C15H19N3O2. The summed E-state index contributed by atoms with van der Waals surface area (Å²) in [6.45, 7) is 3.51. The van der Waals surface area contributed by atoms with Crippen molar-refractivity contribution in [3.8, 4) is 0 Å². The fraction of sp³-hybridized carbons (Fsp3) is 0.467. The average molecular weight is 273 g/mol. The minimum absolute atomic E-state index is 0.0270. The highest BCUT2D eigenvalue weighted by atomic mass is 16.3. The minimum atomic E-state index is -0.0270. The van der Waals surface area contributed by atoms with Crippen LogP contribution in [0.4, 0.5) is 0 Å². The Bertz CT molecular complexity index is 615. The predicted molar refractivity (Wildman–Crippen MR) is 76.5 cm³/mol. The second kappa shape index (κ2) is 5.63. The largest absolute Gasteiger partial charge is 0.441 e. The molecule has 1 saturated heterocycles. The molecule has 20 heavy (non-hydrogen) atoms. The van der Waals surface area contributed by atoms with Gasteiger partial charge in [-0.2, -0.15) is 0 Å². The summed E-state index contributed by atoms with van der Waals surface area (Å²) in [6, 6.07) is 5.86. The molecule has 0 radical (unpaired) electrons. The maximum Gasteiger partial charge on any atom is 0.237 e. The van der Waals surface area contributed by atoms with Gasteiger partial charge >= 0.3 is 0 Å². The van der Waals surface area contributed by atoms with Crippen LogP contribution < -0.4 is 10.6 Å². The molecule has 1 aliphatic heterocycles. The van der Waals surface area contributed by atoms with Crippen LogP contribution in [0.5, 0.6) is 0 Å². The lowest BCUT2D eigenvalue weighted by Gasteiger charge is -2.09. The van der Waals surface area contributed by atoms with Crippen molar-refractivity contribution in [2.24, 2.45) is 0 Å². The molecule has 2 N–H and O–H groups in total. The van der Waals surface area contributed by atoms with Crippen LogP contribution >= 0.6 is 0 Å². The number of carbonyl (C=O) groups excluding carboxylic acids is 1. The average Bonchev–Trinajstić information content (AvgIpc) is 3.07. The minimum Gasteiger partial charge on any atom is -0.441 e. The first-order chi connectivity index (χ1) is 9.74. The number of fused-ring (bicyclic) bond motifs is 1. The van der Waals surface area contributed by atoms with Crippen LogP contribution in [0.25, 0.3) is 11.1 Å². The summed E-state index contributed by atoms with van der Waals surface area (Å²) < 4.78 is 5.68. The molecule has 1 amide bonds. The number of nitrogens with one attached hydrogen (secondary N) is 2. The molecule has 5 nitrogen and oxygen atoms in total. The molecule has 0 spiro atoms. The van der Waals surface area contributed by atoms with Gasteiger partial charge < -0.3 is 15.1 Å². The number of para-hydroxylation sites is 1. The molecule has 0 bridgehead atoms. The van der Waals surface area contributed by atoms with Gasteiger partial charge in [-0.25, -0.2) is 4.98 Å². The van der Waals surface area contributed by atoms with E-state index in [4.69, 9.17) is 4.42 Å². The standard InChI is InChI=1S/C15H19N3O2/c1-10-4-2-6-12-14(10)18-13(20-12)7-9-17-15(19)11-5-3-8-16-11/h2,4,6,11,16H,3,5,7-9H2,1H3,(H,17,19). The van der Waals surface area contributed by atoms with Gasteiger partial charge in [-0.05, 0) is 37.9 Å². The van der Waals surface area contributed by atoms with Gasteiger partial charge in [0.2, 0.25) is 5.91 Å². The van der Waals surface area contributed by atoms with Crippen LogP contribution in [0.15, 0.2) is 22.6 Å². The van der Waals surface area contributed by atoms with Crippen molar-refractivity contribution in [1.29, 1.82) is 0 Å². The van der Waals surface area contributed by atoms with Gasteiger partial charge in [0.1, 0.15) is 5.52 Å². The second-order valence-corrected chi connectivity index (χ2v) is 5.22. The molecule has 1 aromatic carbocycles. The van der Waals surface area contributed by atoms with E-state index in [1.165, 1.54) is 0 Å². The number of carbonyl (C=O) groups is 1. The summed E-state index contributed by atoms with van der Waals surface area (Å²) in [5.41, 5.74) is 2.83. The lowest BCUT2D eigenvalue weighted by molar-refractivity contribution is -0.122. The van der Waals surface area contributed by atoms with Gasteiger partial charge in [-0.15, -0.1) is 0 Å². The zero-order valence-electron chi connectivity index (χ0n) is 11.6. The third kappa shape index (κ3) is 2.67. The zero-order valence-corrected chi connectivity index (χ0v) is 11.6. The Morgan fingerprint density at radius 1 is 1.55 bits per heavy atom. The highest BCUT2D eigenvalue weighted by Crippen LogP contribution is 2.18. The predicted octanol–water partition coefficient (Wildman–Crippen LogP) is 1.55. The maximum atomic E-state index is 11.8. The van der Waals surface area contributed by atoms with Gasteiger partial charge in [-0.1, -0.05) is 12.1 Å². The number of amides is 1. The number of benzene rings is 1. The molecular weight excluding hydrogens is 254 g/mol. The molecule has 1 aliphatic rings. The Hall–Kier alpha value is -1.88. The number of nitrogens with zero attached hydrogens (tertiary/aromatic N) is 1. The van der Waals surface area contributed by atoms with Crippen LogP contribution in [0.2, 0.25) is 0 Å². The van der Waals surface area contributed by atoms with Gasteiger partial charge in [0.15, 0.2) is 11.5 Å². The van der Waals surface area contributed by atoms with Crippen LogP contribution in [0, 0.1) is 6.92 Å².